The fourth-order valence-electron chi connectivity index (χ4n) is 3.63. The molecule has 0 saturated heterocycles. The minimum Gasteiger partial charge on any atom is -0.372 e. The molecule has 0 aliphatic heterocycles. The van der Waals surface area contributed by atoms with E-state index in [0.29, 0.717) is 6.42 Å². The largest absolute Gasteiger partial charge is 0.372 e. The van der Waals surface area contributed by atoms with Crippen LogP contribution in [0, 0.1) is 32.6 Å². The SMILES string of the molecule is CCN(CC)c1ccc(NC(=O)C2CC2C(=O)Nc2ccc(C)c(C)c2)c(C)c1. The van der Waals surface area contributed by atoms with Crippen molar-refractivity contribution >= 4 is 28.9 Å². The van der Waals surface area contributed by atoms with Crippen LogP contribution in [0.4, 0.5) is 17.1 Å². The maximum atomic E-state index is 12.6. The molecular weight excluding hydrogens is 362 g/mol. The van der Waals surface area contributed by atoms with Gasteiger partial charge in [-0.15, -0.1) is 0 Å². The van der Waals surface area contributed by atoms with E-state index in [0.717, 1.165) is 41.3 Å². The third kappa shape index (κ3) is 4.78. The number of hydrogen-bond donors (Lipinski definition) is 2. The Hall–Kier alpha value is -2.82. The predicted octanol–water partition coefficient (Wildman–Crippen LogP) is 4.67. The summed E-state index contributed by atoms with van der Waals surface area (Å²) in [7, 11) is 0. The Morgan fingerprint density at radius 3 is 2.10 bits per heavy atom. The highest BCUT2D eigenvalue weighted by Gasteiger charge is 2.48. The molecule has 2 N–H and O–H groups in total. The number of carbonyl (C=O) groups is 2. The van der Waals surface area contributed by atoms with Crippen molar-refractivity contribution < 1.29 is 9.59 Å². The molecule has 0 heterocycles. The van der Waals surface area contributed by atoms with Gasteiger partial charge in [0.2, 0.25) is 11.8 Å². The van der Waals surface area contributed by atoms with Gasteiger partial charge in [-0.25, -0.2) is 0 Å². The molecule has 2 unspecified atom stereocenters. The van der Waals surface area contributed by atoms with Gasteiger partial charge < -0.3 is 15.5 Å². The number of aryl methyl sites for hydroxylation is 3. The maximum Gasteiger partial charge on any atom is 0.228 e. The molecule has 154 valence electrons. The molecule has 29 heavy (non-hydrogen) atoms. The van der Waals surface area contributed by atoms with Crippen LogP contribution in [0.1, 0.15) is 37.0 Å². The molecule has 2 aromatic carbocycles. The fraction of sp³-hybridized carbons (Fsp3) is 0.417. The Kier molecular flexibility index (Phi) is 6.26. The summed E-state index contributed by atoms with van der Waals surface area (Å²) in [4.78, 5) is 27.4. The first-order valence-electron chi connectivity index (χ1n) is 10.4. The van der Waals surface area contributed by atoms with E-state index in [1.54, 1.807) is 0 Å². The first kappa shape index (κ1) is 20.9. The van der Waals surface area contributed by atoms with Gasteiger partial charge in [-0.2, -0.15) is 0 Å². The molecule has 5 heteroatoms. The second-order valence-corrected chi connectivity index (χ2v) is 7.90. The van der Waals surface area contributed by atoms with E-state index in [1.165, 1.54) is 5.56 Å². The zero-order valence-corrected chi connectivity index (χ0v) is 18.0. The van der Waals surface area contributed by atoms with E-state index in [-0.39, 0.29) is 23.7 Å². The second kappa shape index (κ2) is 8.68. The molecular formula is C24H31N3O2. The minimum absolute atomic E-state index is 0.0797. The van der Waals surface area contributed by atoms with Crippen LogP contribution in [0.25, 0.3) is 0 Å². The molecule has 0 aromatic heterocycles. The average molecular weight is 394 g/mol. The highest BCUT2D eigenvalue weighted by Crippen LogP contribution is 2.40. The highest BCUT2D eigenvalue weighted by molar-refractivity contribution is 6.03. The number of nitrogens with one attached hydrogen (secondary N) is 2. The van der Waals surface area contributed by atoms with Crippen LogP contribution in [0.5, 0.6) is 0 Å². The summed E-state index contributed by atoms with van der Waals surface area (Å²) in [6.07, 6.45) is 0.596. The summed E-state index contributed by atoms with van der Waals surface area (Å²) >= 11 is 0. The van der Waals surface area contributed by atoms with Crippen molar-refractivity contribution in [2.75, 3.05) is 28.6 Å². The Labute approximate surface area is 173 Å². The predicted molar refractivity (Wildman–Crippen MR) is 120 cm³/mol. The lowest BCUT2D eigenvalue weighted by Gasteiger charge is -2.22. The molecule has 1 fully saturated rings. The normalized spacial score (nSPS) is 17.6. The van der Waals surface area contributed by atoms with Crippen molar-refractivity contribution in [2.24, 2.45) is 11.8 Å². The third-order valence-corrected chi connectivity index (χ3v) is 5.83. The van der Waals surface area contributed by atoms with Gasteiger partial charge in [0.05, 0.1) is 11.8 Å². The number of carbonyl (C=O) groups excluding carboxylic acids is 2. The molecule has 1 aliphatic rings. The lowest BCUT2D eigenvalue weighted by atomic mass is 10.1. The summed E-state index contributed by atoms with van der Waals surface area (Å²) in [5.41, 5.74) is 6.10. The number of hydrogen-bond acceptors (Lipinski definition) is 3. The van der Waals surface area contributed by atoms with E-state index in [1.807, 2.05) is 51.1 Å². The van der Waals surface area contributed by atoms with Crippen LogP contribution in [0.15, 0.2) is 36.4 Å². The number of amides is 2. The highest BCUT2D eigenvalue weighted by atomic mass is 16.2. The second-order valence-electron chi connectivity index (χ2n) is 7.90. The van der Waals surface area contributed by atoms with Gasteiger partial charge in [0.25, 0.3) is 0 Å². The van der Waals surface area contributed by atoms with E-state index < -0.39 is 0 Å². The zero-order valence-electron chi connectivity index (χ0n) is 18.0. The first-order chi connectivity index (χ1) is 13.8. The van der Waals surface area contributed by atoms with E-state index >= 15 is 0 Å². The van der Waals surface area contributed by atoms with Gasteiger partial charge in [0.1, 0.15) is 0 Å². The quantitative estimate of drug-likeness (QED) is 0.718. The molecule has 5 nitrogen and oxygen atoms in total. The van der Waals surface area contributed by atoms with Crippen LogP contribution in [-0.4, -0.2) is 24.9 Å². The standard InChI is InChI=1S/C24H31N3O2/c1-6-27(7-2)19-10-11-22(17(5)13-19)26-24(29)21-14-20(21)23(28)25-18-9-8-15(3)16(4)12-18/h8-13,20-21H,6-7,14H2,1-5H3,(H,25,28)(H,26,29). The van der Waals surface area contributed by atoms with E-state index in [9.17, 15) is 9.59 Å². The van der Waals surface area contributed by atoms with Crippen molar-refractivity contribution in [1.82, 2.24) is 0 Å². The van der Waals surface area contributed by atoms with Gasteiger partial charge in [0, 0.05) is 30.2 Å². The van der Waals surface area contributed by atoms with Gasteiger partial charge in [0.15, 0.2) is 0 Å². The van der Waals surface area contributed by atoms with Crippen molar-refractivity contribution in [3.05, 3.63) is 53.1 Å². The lowest BCUT2D eigenvalue weighted by Crippen LogP contribution is -2.22. The minimum atomic E-state index is -0.261. The fourth-order valence-corrected chi connectivity index (χ4v) is 3.63. The van der Waals surface area contributed by atoms with Crippen LogP contribution >= 0.6 is 0 Å². The number of rotatable bonds is 7. The Morgan fingerprint density at radius 2 is 1.52 bits per heavy atom. The number of nitrogens with zero attached hydrogens (tertiary/aromatic N) is 1. The molecule has 2 amide bonds. The van der Waals surface area contributed by atoms with Gasteiger partial charge in [-0.1, -0.05) is 6.07 Å². The summed E-state index contributed by atoms with van der Waals surface area (Å²) in [5, 5.41) is 5.94. The first-order valence-corrected chi connectivity index (χ1v) is 10.4. The monoisotopic (exact) mass is 393 g/mol. The smallest absolute Gasteiger partial charge is 0.228 e. The topological polar surface area (TPSA) is 61.4 Å². The maximum absolute atomic E-state index is 12.6. The third-order valence-electron chi connectivity index (χ3n) is 5.83. The molecule has 3 rings (SSSR count). The van der Waals surface area contributed by atoms with Crippen LogP contribution in [0.3, 0.4) is 0 Å². The number of benzene rings is 2. The molecule has 0 radical (unpaired) electrons. The average Bonchev–Trinajstić information content (AvgIpc) is 3.49. The summed E-state index contributed by atoms with van der Waals surface area (Å²) in [6, 6.07) is 11.9. The Bertz CT molecular complexity index is 918. The molecule has 0 spiro atoms. The van der Waals surface area contributed by atoms with Crippen molar-refractivity contribution in [3.8, 4) is 0 Å². The lowest BCUT2D eigenvalue weighted by molar-refractivity contribution is -0.122. The molecule has 1 aliphatic carbocycles. The number of anilines is 3. The van der Waals surface area contributed by atoms with Crippen LogP contribution in [-0.2, 0) is 9.59 Å². The van der Waals surface area contributed by atoms with Gasteiger partial charge >= 0.3 is 0 Å². The Balaban J connectivity index is 1.58. The molecule has 1 saturated carbocycles. The Morgan fingerprint density at radius 1 is 0.862 bits per heavy atom. The summed E-state index contributed by atoms with van der Waals surface area (Å²) in [5.74, 6) is -0.679. The van der Waals surface area contributed by atoms with Crippen molar-refractivity contribution in [2.45, 2.75) is 41.0 Å². The van der Waals surface area contributed by atoms with E-state index in [2.05, 4.69) is 35.4 Å². The van der Waals surface area contributed by atoms with Gasteiger partial charge in [-0.05, 0) is 88.1 Å². The van der Waals surface area contributed by atoms with Gasteiger partial charge in [-0.3, -0.25) is 9.59 Å². The summed E-state index contributed by atoms with van der Waals surface area (Å²) in [6.45, 7) is 12.2. The summed E-state index contributed by atoms with van der Waals surface area (Å²) < 4.78 is 0. The molecule has 0 bridgehead atoms. The molecule has 2 atom stereocenters. The van der Waals surface area contributed by atoms with E-state index in [4.69, 9.17) is 0 Å². The van der Waals surface area contributed by atoms with Crippen molar-refractivity contribution in [1.29, 1.82) is 0 Å². The molecule has 2 aromatic rings. The van der Waals surface area contributed by atoms with Crippen molar-refractivity contribution in [3.63, 3.8) is 0 Å². The van der Waals surface area contributed by atoms with Crippen LogP contribution in [0.2, 0.25) is 0 Å². The zero-order chi connectivity index (χ0) is 21.1. The van der Waals surface area contributed by atoms with Crippen LogP contribution < -0.4 is 15.5 Å².